The lowest BCUT2D eigenvalue weighted by atomic mass is 10.1. The highest BCUT2D eigenvalue weighted by atomic mass is 19.4. The van der Waals surface area contributed by atoms with Crippen LogP contribution in [0.4, 0.5) is 32.0 Å². The molecule has 4 rings (SSSR count). The van der Waals surface area contributed by atoms with Crippen LogP contribution >= 0.6 is 0 Å². The van der Waals surface area contributed by atoms with Crippen LogP contribution in [0.3, 0.4) is 0 Å². The van der Waals surface area contributed by atoms with E-state index >= 15 is 0 Å². The van der Waals surface area contributed by atoms with Crippen LogP contribution in [0.15, 0.2) is 48.8 Å². The van der Waals surface area contributed by atoms with Gasteiger partial charge in [-0.2, -0.15) is 31.4 Å². The molecule has 2 amide bonds. The number of nitrogens with zero attached hydrogens (tertiary/aromatic N) is 3. The number of aromatic nitrogens is 3. The molecule has 1 aliphatic carbocycles. The summed E-state index contributed by atoms with van der Waals surface area (Å²) >= 11 is 0. The molecule has 0 atom stereocenters. The zero-order valence-electron chi connectivity index (χ0n) is 17.7. The molecule has 0 aliphatic heterocycles. The molecule has 35 heavy (non-hydrogen) atoms. The van der Waals surface area contributed by atoms with Crippen molar-refractivity contribution in [3.63, 3.8) is 0 Å². The van der Waals surface area contributed by atoms with Crippen molar-refractivity contribution in [3.8, 4) is 5.82 Å². The van der Waals surface area contributed by atoms with E-state index in [2.05, 4.69) is 20.7 Å². The quantitative estimate of drug-likeness (QED) is 0.488. The molecule has 0 radical (unpaired) electrons. The number of carbonyl (C=O) groups excluding carboxylic acids is 2. The Morgan fingerprint density at radius 2 is 1.63 bits per heavy atom. The van der Waals surface area contributed by atoms with Crippen molar-refractivity contribution in [3.05, 3.63) is 71.2 Å². The number of hydrogen-bond acceptors (Lipinski definition) is 4. The number of hydrogen-bond donors (Lipinski definition) is 2. The standard InChI is InChI=1S/C22H17F6N5O2/c23-21(24,25)14-5-8-17(29-10-14)33-18(22(26,27)28)16(11-31-33)20(35)30-9-12-1-6-15(7-2-12)32-19(34)13-3-4-13/h1-2,5-8,10-11,13H,3-4,9H2,(H,30,35)(H,32,34). The Hall–Kier alpha value is -3.90. The van der Waals surface area contributed by atoms with E-state index in [9.17, 15) is 35.9 Å². The Kier molecular flexibility index (Phi) is 6.26. The highest BCUT2D eigenvalue weighted by Gasteiger charge is 2.41. The molecule has 2 heterocycles. The van der Waals surface area contributed by atoms with Crippen molar-refractivity contribution < 1.29 is 35.9 Å². The van der Waals surface area contributed by atoms with E-state index in [0.717, 1.165) is 18.9 Å². The lowest BCUT2D eigenvalue weighted by molar-refractivity contribution is -0.143. The summed E-state index contributed by atoms with van der Waals surface area (Å²) in [7, 11) is 0. The summed E-state index contributed by atoms with van der Waals surface area (Å²) < 4.78 is 79.7. The molecule has 2 aromatic heterocycles. The second-order valence-corrected chi connectivity index (χ2v) is 7.86. The molecule has 0 unspecified atom stereocenters. The predicted octanol–water partition coefficient (Wildman–Crippen LogP) is 4.58. The predicted molar refractivity (Wildman–Crippen MR) is 110 cm³/mol. The molecule has 7 nitrogen and oxygen atoms in total. The molecule has 1 fully saturated rings. The van der Waals surface area contributed by atoms with Crippen LogP contribution in [0, 0.1) is 5.92 Å². The largest absolute Gasteiger partial charge is 0.434 e. The van der Waals surface area contributed by atoms with Gasteiger partial charge in [-0.15, -0.1) is 0 Å². The third kappa shape index (κ3) is 5.61. The lowest BCUT2D eigenvalue weighted by Crippen LogP contribution is -2.26. The van der Waals surface area contributed by atoms with E-state index in [4.69, 9.17) is 0 Å². The van der Waals surface area contributed by atoms with Gasteiger partial charge < -0.3 is 10.6 Å². The first-order chi connectivity index (χ1) is 16.4. The molecule has 0 bridgehead atoms. The lowest BCUT2D eigenvalue weighted by Gasteiger charge is -2.13. The third-order valence-electron chi connectivity index (χ3n) is 5.20. The van der Waals surface area contributed by atoms with Crippen molar-refractivity contribution >= 4 is 17.5 Å². The molecule has 2 N–H and O–H groups in total. The number of nitrogens with one attached hydrogen (secondary N) is 2. The fourth-order valence-corrected chi connectivity index (χ4v) is 3.21. The molecule has 1 aliphatic rings. The normalized spacial score (nSPS) is 14.0. The Labute approximate surface area is 194 Å². The van der Waals surface area contributed by atoms with Gasteiger partial charge in [0.15, 0.2) is 11.5 Å². The third-order valence-corrected chi connectivity index (χ3v) is 5.20. The van der Waals surface area contributed by atoms with Gasteiger partial charge in [0, 0.05) is 24.3 Å². The van der Waals surface area contributed by atoms with Crippen LogP contribution in [-0.2, 0) is 23.7 Å². The minimum absolute atomic E-state index is 0.0236. The molecule has 184 valence electrons. The number of benzene rings is 1. The van der Waals surface area contributed by atoms with Gasteiger partial charge in [0.25, 0.3) is 5.91 Å². The van der Waals surface area contributed by atoms with Gasteiger partial charge in [-0.25, -0.2) is 9.67 Å². The maximum absolute atomic E-state index is 13.7. The summed E-state index contributed by atoms with van der Waals surface area (Å²) in [6, 6.07) is 7.72. The summed E-state index contributed by atoms with van der Waals surface area (Å²) in [5.74, 6) is -1.67. The Morgan fingerprint density at radius 3 is 2.17 bits per heavy atom. The fraction of sp³-hybridized carbons (Fsp3) is 0.273. The molecular weight excluding hydrogens is 480 g/mol. The average Bonchev–Trinajstić information content (AvgIpc) is 3.55. The number of pyridine rings is 1. The summed E-state index contributed by atoms with van der Waals surface area (Å²) in [4.78, 5) is 27.7. The van der Waals surface area contributed by atoms with Gasteiger partial charge in [0.05, 0.1) is 17.3 Å². The SMILES string of the molecule is O=C(NCc1ccc(NC(=O)C2CC2)cc1)c1cnn(-c2ccc(C(F)(F)F)cn2)c1C(F)(F)F. The van der Waals surface area contributed by atoms with E-state index in [1.807, 2.05) is 0 Å². The van der Waals surface area contributed by atoms with Crippen molar-refractivity contribution in [2.24, 2.45) is 5.92 Å². The van der Waals surface area contributed by atoms with Crippen molar-refractivity contribution in [2.75, 3.05) is 5.32 Å². The van der Waals surface area contributed by atoms with E-state index in [1.165, 1.54) is 0 Å². The van der Waals surface area contributed by atoms with Crippen LogP contribution in [0.25, 0.3) is 5.82 Å². The molecule has 13 heteroatoms. The molecule has 1 aromatic carbocycles. The minimum atomic E-state index is -5.05. The summed E-state index contributed by atoms with van der Waals surface area (Å²) in [5, 5.41) is 8.64. The molecule has 0 saturated heterocycles. The maximum atomic E-state index is 13.7. The number of alkyl halides is 6. The summed E-state index contributed by atoms with van der Waals surface area (Å²) in [6.45, 7) is -0.114. The first kappa shape index (κ1) is 24.2. The summed E-state index contributed by atoms with van der Waals surface area (Å²) in [5.41, 5.74) is -2.30. The van der Waals surface area contributed by atoms with Gasteiger partial charge >= 0.3 is 12.4 Å². The topological polar surface area (TPSA) is 88.9 Å². The molecule has 0 spiro atoms. The number of carbonyl (C=O) groups is 2. The monoisotopic (exact) mass is 497 g/mol. The van der Waals surface area contributed by atoms with Gasteiger partial charge in [-0.05, 0) is 42.7 Å². The Balaban J connectivity index is 1.48. The van der Waals surface area contributed by atoms with Gasteiger partial charge in [-0.3, -0.25) is 9.59 Å². The molecular formula is C22H17F6N5O2. The van der Waals surface area contributed by atoms with Gasteiger partial charge in [-0.1, -0.05) is 12.1 Å². The van der Waals surface area contributed by atoms with Crippen LogP contribution in [-0.4, -0.2) is 26.6 Å². The molecule has 3 aromatic rings. The van der Waals surface area contributed by atoms with Crippen molar-refractivity contribution in [1.82, 2.24) is 20.1 Å². The van der Waals surface area contributed by atoms with Crippen LogP contribution in [0.2, 0.25) is 0 Å². The Morgan fingerprint density at radius 1 is 0.943 bits per heavy atom. The average molecular weight is 497 g/mol. The highest BCUT2D eigenvalue weighted by molar-refractivity contribution is 5.95. The number of rotatable bonds is 6. The van der Waals surface area contributed by atoms with Crippen molar-refractivity contribution in [1.29, 1.82) is 0 Å². The smallest absolute Gasteiger partial charge is 0.348 e. The Bertz CT molecular complexity index is 1230. The zero-order chi connectivity index (χ0) is 25.4. The van der Waals surface area contributed by atoms with Crippen LogP contribution < -0.4 is 10.6 Å². The molecule has 1 saturated carbocycles. The van der Waals surface area contributed by atoms with Crippen LogP contribution in [0.5, 0.6) is 0 Å². The van der Waals surface area contributed by atoms with Crippen molar-refractivity contribution in [2.45, 2.75) is 31.7 Å². The fourth-order valence-electron chi connectivity index (χ4n) is 3.21. The van der Waals surface area contributed by atoms with E-state index < -0.39 is 40.9 Å². The zero-order valence-corrected chi connectivity index (χ0v) is 17.7. The second kappa shape index (κ2) is 9.04. The maximum Gasteiger partial charge on any atom is 0.434 e. The number of halogens is 6. The van der Waals surface area contributed by atoms with Crippen LogP contribution in [0.1, 0.15) is 40.0 Å². The minimum Gasteiger partial charge on any atom is -0.348 e. The van der Waals surface area contributed by atoms with E-state index in [-0.39, 0.29) is 23.1 Å². The highest BCUT2D eigenvalue weighted by Crippen LogP contribution is 2.34. The second-order valence-electron chi connectivity index (χ2n) is 7.86. The van der Waals surface area contributed by atoms with Gasteiger partial charge in [0.2, 0.25) is 5.91 Å². The first-order valence-corrected chi connectivity index (χ1v) is 10.3. The van der Waals surface area contributed by atoms with E-state index in [0.29, 0.717) is 29.7 Å². The number of anilines is 1. The summed E-state index contributed by atoms with van der Waals surface area (Å²) in [6.07, 6.45) is -7.01. The van der Waals surface area contributed by atoms with Gasteiger partial charge in [0.1, 0.15) is 0 Å². The number of amides is 2. The first-order valence-electron chi connectivity index (χ1n) is 10.3. The van der Waals surface area contributed by atoms with E-state index in [1.54, 1.807) is 24.3 Å².